The van der Waals surface area contributed by atoms with Crippen LogP contribution in [0.5, 0.6) is 0 Å². The molecule has 7 heteroatoms. The van der Waals surface area contributed by atoms with E-state index in [2.05, 4.69) is 20.7 Å². The molecule has 6 nitrogen and oxygen atoms in total. The fourth-order valence-corrected chi connectivity index (χ4v) is 3.44. The number of aromatic nitrogens is 2. The maximum absolute atomic E-state index is 11.6. The van der Waals surface area contributed by atoms with Crippen LogP contribution in [0, 0.1) is 13.8 Å². The normalized spacial score (nSPS) is 15.2. The first-order chi connectivity index (χ1) is 10.1. The number of fused-ring (bicyclic) bond motifs is 1. The maximum Gasteiger partial charge on any atom is 0.229 e. The first-order valence-corrected chi connectivity index (χ1v) is 7.73. The Morgan fingerprint density at radius 2 is 1.95 bits per heavy atom. The molecule has 2 aromatic rings. The topological polar surface area (TPSA) is 75.2 Å². The fourth-order valence-electron chi connectivity index (χ4n) is 2.48. The van der Waals surface area contributed by atoms with Crippen LogP contribution < -0.4 is 5.32 Å². The number of anilines is 1. The molecule has 1 aliphatic rings. The zero-order chi connectivity index (χ0) is 15.0. The summed E-state index contributed by atoms with van der Waals surface area (Å²) in [5, 5.41) is 6.30. The predicted octanol–water partition coefficient (Wildman–Crippen LogP) is 1.87. The zero-order valence-corrected chi connectivity index (χ0v) is 12.8. The quantitative estimate of drug-likeness (QED) is 0.873. The molecule has 0 aliphatic carbocycles. The summed E-state index contributed by atoms with van der Waals surface area (Å²) >= 11 is 1.59. The summed E-state index contributed by atoms with van der Waals surface area (Å²) in [7, 11) is 0. The largest absolute Gasteiger partial charge is 0.368 e. The van der Waals surface area contributed by atoms with Gasteiger partial charge in [0.2, 0.25) is 11.8 Å². The lowest BCUT2D eigenvalue weighted by Crippen LogP contribution is -2.33. The lowest BCUT2D eigenvalue weighted by molar-refractivity contribution is -0.138. The number of hydrogen-bond acceptors (Lipinski definition) is 6. The first kappa shape index (κ1) is 13.9. The van der Waals surface area contributed by atoms with E-state index < -0.39 is 0 Å². The molecule has 1 saturated heterocycles. The molecule has 2 amide bonds. The number of nitrogens with one attached hydrogen (secondary N) is 1. The highest BCUT2D eigenvalue weighted by Gasteiger charge is 2.28. The standard InChI is InChI=1S/C14H16N4O2S/c1-8-7-21-14-12(8)13(16-9(2)17-14)15-5-6-18-10(19)3-4-11(18)20/h7H,3-6H2,1-2H3,(H,15,16,17). The third-order valence-electron chi connectivity index (χ3n) is 3.51. The van der Waals surface area contributed by atoms with Gasteiger partial charge < -0.3 is 5.32 Å². The minimum atomic E-state index is -0.0856. The second-order valence-electron chi connectivity index (χ2n) is 5.08. The van der Waals surface area contributed by atoms with Crippen molar-refractivity contribution in [2.24, 2.45) is 0 Å². The van der Waals surface area contributed by atoms with Gasteiger partial charge in [-0.15, -0.1) is 11.3 Å². The lowest BCUT2D eigenvalue weighted by Gasteiger charge is -2.15. The number of carbonyl (C=O) groups is 2. The van der Waals surface area contributed by atoms with Crippen LogP contribution in [0.25, 0.3) is 10.2 Å². The Labute approximate surface area is 126 Å². The highest BCUT2D eigenvalue weighted by molar-refractivity contribution is 7.17. The number of likely N-dealkylation sites (tertiary alicyclic amines) is 1. The van der Waals surface area contributed by atoms with E-state index in [1.807, 2.05) is 13.8 Å². The van der Waals surface area contributed by atoms with Gasteiger partial charge in [-0.2, -0.15) is 0 Å². The van der Waals surface area contributed by atoms with Crippen molar-refractivity contribution in [3.63, 3.8) is 0 Å². The van der Waals surface area contributed by atoms with Crippen LogP contribution in [0.3, 0.4) is 0 Å². The van der Waals surface area contributed by atoms with Crippen molar-refractivity contribution >= 4 is 39.2 Å². The summed E-state index contributed by atoms with van der Waals surface area (Å²) in [4.78, 5) is 34.2. The van der Waals surface area contributed by atoms with E-state index in [4.69, 9.17) is 0 Å². The van der Waals surface area contributed by atoms with Crippen molar-refractivity contribution in [1.82, 2.24) is 14.9 Å². The van der Waals surface area contributed by atoms with Gasteiger partial charge in [0.15, 0.2) is 0 Å². The average Bonchev–Trinajstić information content (AvgIpc) is 2.95. The minimum Gasteiger partial charge on any atom is -0.368 e. The third-order valence-corrected chi connectivity index (χ3v) is 4.50. The lowest BCUT2D eigenvalue weighted by atomic mass is 10.2. The molecule has 21 heavy (non-hydrogen) atoms. The van der Waals surface area contributed by atoms with Gasteiger partial charge in [0.1, 0.15) is 16.5 Å². The van der Waals surface area contributed by atoms with Gasteiger partial charge in [-0.1, -0.05) is 0 Å². The monoisotopic (exact) mass is 304 g/mol. The van der Waals surface area contributed by atoms with Crippen molar-refractivity contribution in [2.75, 3.05) is 18.4 Å². The Morgan fingerprint density at radius 1 is 1.24 bits per heavy atom. The van der Waals surface area contributed by atoms with Crippen molar-refractivity contribution in [3.8, 4) is 0 Å². The summed E-state index contributed by atoms with van der Waals surface area (Å²) in [6.07, 6.45) is 0.665. The molecule has 110 valence electrons. The molecule has 1 aliphatic heterocycles. The number of thiophene rings is 1. The second-order valence-corrected chi connectivity index (χ2v) is 5.94. The number of nitrogens with zero attached hydrogens (tertiary/aromatic N) is 3. The summed E-state index contributed by atoms with van der Waals surface area (Å²) in [5.41, 5.74) is 1.13. The first-order valence-electron chi connectivity index (χ1n) is 6.86. The average molecular weight is 304 g/mol. The van der Waals surface area contributed by atoms with E-state index in [-0.39, 0.29) is 11.8 Å². The van der Waals surface area contributed by atoms with Crippen LogP contribution in [0.1, 0.15) is 24.2 Å². The molecule has 0 unspecified atom stereocenters. The summed E-state index contributed by atoms with van der Waals surface area (Å²) in [6, 6.07) is 0. The van der Waals surface area contributed by atoms with E-state index in [1.165, 1.54) is 4.90 Å². The smallest absolute Gasteiger partial charge is 0.229 e. The molecule has 1 fully saturated rings. The molecule has 0 spiro atoms. The van der Waals surface area contributed by atoms with E-state index in [1.54, 1.807) is 11.3 Å². The number of carbonyl (C=O) groups excluding carboxylic acids is 2. The van der Waals surface area contributed by atoms with Crippen LogP contribution in [0.15, 0.2) is 5.38 Å². The van der Waals surface area contributed by atoms with Gasteiger partial charge in [0, 0.05) is 25.9 Å². The van der Waals surface area contributed by atoms with Crippen LogP contribution >= 0.6 is 11.3 Å². The Bertz CT molecular complexity index is 709. The Morgan fingerprint density at radius 3 is 2.67 bits per heavy atom. The summed E-state index contributed by atoms with van der Waals surface area (Å²) < 4.78 is 0. The van der Waals surface area contributed by atoms with E-state index >= 15 is 0 Å². The molecule has 0 aromatic carbocycles. The number of rotatable bonds is 4. The van der Waals surface area contributed by atoms with Crippen LogP contribution in [-0.2, 0) is 9.59 Å². The fraction of sp³-hybridized carbons (Fsp3) is 0.429. The second kappa shape index (κ2) is 5.40. The van der Waals surface area contributed by atoms with E-state index in [9.17, 15) is 9.59 Å². The van der Waals surface area contributed by atoms with Crippen LogP contribution in [-0.4, -0.2) is 39.8 Å². The highest BCUT2D eigenvalue weighted by Crippen LogP contribution is 2.29. The maximum atomic E-state index is 11.6. The Balaban J connectivity index is 1.75. The molecule has 0 saturated carbocycles. The highest BCUT2D eigenvalue weighted by atomic mass is 32.1. The molecular formula is C14H16N4O2S. The number of hydrogen-bond donors (Lipinski definition) is 1. The van der Waals surface area contributed by atoms with Gasteiger partial charge in [-0.25, -0.2) is 9.97 Å². The number of aryl methyl sites for hydroxylation is 2. The Kier molecular flexibility index (Phi) is 3.59. The van der Waals surface area contributed by atoms with Crippen molar-refractivity contribution < 1.29 is 9.59 Å². The van der Waals surface area contributed by atoms with Crippen molar-refractivity contribution in [3.05, 3.63) is 16.8 Å². The predicted molar refractivity (Wildman–Crippen MR) is 81.3 cm³/mol. The number of amides is 2. The van der Waals surface area contributed by atoms with Gasteiger partial charge in [0.05, 0.1) is 5.39 Å². The molecule has 3 heterocycles. The molecule has 0 bridgehead atoms. The van der Waals surface area contributed by atoms with Gasteiger partial charge >= 0.3 is 0 Å². The van der Waals surface area contributed by atoms with E-state index in [0.29, 0.717) is 31.8 Å². The van der Waals surface area contributed by atoms with Crippen molar-refractivity contribution in [2.45, 2.75) is 26.7 Å². The zero-order valence-electron chi connectivity index (χ0n) is 12.0. The van der Waals surface area contributed by atoms with Gasteiger partial charge in [0.25, 0.3) is 0 Å². The van der Waals surface area contributed by atoms with Gasteiger partial charge in [-0.3, -0.25) is 14.5 Å². The molecular weight excluding hydrogens is 288 g/mol. The van der Waals surface area contributed by atoms with Gasteiger partial charge in [-0.05, 0) is 24.8 Å². The SMILES string of the molecule is Cc1nc(NCCN2C(=O)CCC2=O)c2c(C)csc2n1. The van der Waals surface area contributed by atoms with E-state index in [0.717, 1.165) is 21.6 Å². The van der Waals surface area contributed by atoms with Crippen molar-refractivity contribution in [1.29, 1.82) is 0 Å². The summed E-state index contributed by atoms with van der Waals surface area (Å²) in [5.74, 6) is 1.31. The summed E-state index contributed by atoms with van der Waals surface area (Å²) in [6.45, 7) is 4.76. The molecule has 0 atom stereocenters. The minimum absolute atomic E-state index is 0.0856. The molecule has 1 N–H and O–H groups in total. The van der Waals surface area contributed by atoms with Crippen LogP contribution in [0.2, 0.25) is 0 Å². The Hall–Kier alpha value is -2.02. The number of imide groups is 1. The molecule has 0 radical (unpaired) electrons. The third kappa shape index (κ3) is 2.61. The van der Waals surface area contributed by atoms with Crippen LogP contribution in [0.4, 0.5) is 5.82 Å². The molecule has 3 rings (SSSR count). The molecule has 2 aromatic heterocycles.